The Morgan fingerprint density at radius 2 is 2.37 bits per heavy atom. The van der Waals surface area contributed by atoms with Crippen LogP contribution in [0, 0.1) is 0 Å². The Labute approximate surface area is 115 Å². The molecule has 4 heteroatoms. The molecule has 1 aliphatic carbocycles. The first-order valence-electron chi connectivity index (χ1n) is 7.42. The van der Waals surface area contributed by atoms with Gasteiger partial charge in [0.15, 0.2) is 0 Å². The summed E-state index contributed by atoms with van der Waals surface area (Å²) in [5.41, 5.74) is 2.76. The molecule has 0 aromatic carbocycles. The van der Waals surface area contributed by atoms with Crippen LogP contribution in [0.4, 0.5) is 5.82 Å². The number of nitrogens with one attached hydrogen (secondary N) is 1. The molecule has 1 aromatic heterocycles. The Morgan fingerprint density at radius 3 is 3.26 bits per heavy atom. The predicted octanol–water partition coefficient (Wildman–Crippen LogP) is 1.38. The molecule has 0 radical (unpaired) electrons. The third-order valence-corrected chi connectivity index (χ3v) is 4.07. The zero-order valence-corrected chi connectivity index (χ0v) is 11.7. The summed E-state index contributed by atoms with van der Waals surface area (Å²) in [6.45, 7) is 6.66. The molecule has 1 fully saturated rings. The van der Waals surface area contributed by atoms with Crippen molar-refractivity contribution in [1.29, 1.82) is 0 Å². The Hall–Kier alpha value is -1.13. The lowest BCUT2D eigenvalue weighted by atomic mass is 10.2. The molecule has 4 nitrogen and oxygen atoms in total. The van der Waals surface area contributed by atoms with Crippen LogP contribution in [0.15, 0.2) is 12.1 Å². The number of rotatable bonds is 4. The topological polar surface area (TPSA) is 37.4 Å². The fraction of sp³-hybridized carbons (Fsp3) is 0.667. The predicted molar refractivity (Wildman–Crippen MR) is 76.8 cm³/mol. The van der Waals surface area contributed by atoms with Crippen molar-refractivity contribution in [3.63, 3.8) is 0 Å². The van der Waals surface area contributed by atoms with Gasteiger partial charge >= 0.3 is 0 Å². The van der Waals surface area contributed by atoms with E-state index in [-0.39, 0.29) is 0 Å². The third kappa shape index (κ3) is 2.74. The number of nitrogens with zero attached hydrogens (tertiary/aromatic N) is 2. The van der Waals surface area contributed by atoms with Gasteiger partial charge in [0.05, 0.1) is 19.3 Å². The Morgan fingerprint density at radius 1 is 1.42 bits per heavy atom. The number of hydrogen-bond donors (Lipinski definition) is 1. The van der Waals surface area contributed by atoms with Crippen molar-refractivity contribution in [3.8, 4) is 0 Å². The molecule has 1 atom stereocenters. The van der Waals surface area contributed by atoms with E-state index in [0.29, 0.717) is 6.04 Å². The van der Waals surface area contributed by atoms with Crippen LogP contribution in [0.5, 0.6) is 0 Å². The SMILES string of the molecule is CCNCC1COCCN1c1ccc2c(n1)CCC2. The zero-order valence-electron chi connectivity index (χ0n) is 11.7. The zero-order chi connectivity index (χ0) is 13.1. The molecule has 0 bridgehead atoms. The lowest BCUT2D eigenvalue weighted by Crippen LogP contribution is -2.51. The summed E-state index contributed by atoms with van der Waals surface area (Å²) >= 11 is 0. The number of fused-ring (bicyclic) bond motifs is 1. The minimum atomic E-state index is 0.403. The van der Waals surface area contributed by atoms with Crippen molar-refractivity contribution in [2.75, 3.05) is 37.7 Å². The van der Waals surface area contributed by atoms with E-state index >= 15 is 0 Å². The number of ether oxygens (including phenoxy) is 1. The molecule has 104 valence electrons. The van der Waals surface area contributed by atoms with Gasteiger partial charge in [-0.05, 0) is 37.4 Å². The van der Waals surface area contributed by atoms with E-state index in [1.165, 1.54) is 24.1 Å². The van der Waals surface area contributed by atoms with E-state index in [4.69, 9.17) is 9.72 Å². The van der Waals surface area contributed by atoms with Crippen LogP contribution < -0.4 is 10.2 Å². The van der Waals surface area contributed by atoms with Crippen LogP contribution in [0.1, 0.15) is 24.6 Å². The Kier molecular flexibility index (Phi) is 3.99. The van der Waals surface area contributed by atoms with E-state index in [0.717, 1.165) is 45.1 Å². The summed E-state index contributed by atoms with van der Waals surface area (Å²) in [6.07, 6.45) is 3.60. The van der Waals surface area contributed by atoms with Crippen LogP contribution in [0.3, 0.4) is 0 Å². The van der Waals surface area contributed by atoms with Crippen LogP contribution in [-0.2, 0) is 17.6 Å². The minimum absolute atomic E-state index is 0.403. The van der Waals surface area contributed by atoms with Gasteiger partial charge in [-0.15, -0.1) is 0 Å². The molecule has 2 aliphatic rings. The van der Waals surface area contributed by atoms with E-state index in [1.54, 1.807) is 0 Å². The molecule has 2 heterocycles. The molecule has 19 heavy (non-hydrogen) atoms. The van der Waals surface area contributed by atoms with Crippen molar-refractivity contribution >= 4 is 5.82 Å². The Bertz CT molecular complexity index is 435. The normalized spacial score (nSPS) is 22.6. The van der Waals surface area contributed by atoms with Crippen molar-refractivity contribution in [1.82, 2.24) is 10.3 Å². The number of hydrogen-bond acceptors (Lipinski definition) is 4. The van der Waals surface area contributed by atoms with E-state index < -0.39 is 0 Å². The van der Waals surface area contributed by atoms with Gasteiger partial charge in [-0.2, -0.15) is 0 Å². The Balaban J connectivity index is 1.78. The molecular formula is C15H23N3O. The molecule has 1 saturated heterocycles. The number of likely N-dealkylation sites (N-methyl/N-ethyl adjacent to an activating group) is 1. The van der Waals surface area contributed by atoms with E-state index in [9.17, 15) is 0 Å². The summed E-state index contributed by atoms with van der Waals surface area (Å²) in [7, 11) is 0. The second kappa shape index (κ2) is 5.88. The van der Waals surface area contributed by atoms with Gasteiger partial charge in [-0.3, -0.25) is 0 Å². The molecule has 0 saturated carbocycles. The molecular weight excluding hydrogens is 238 g/mol. The van der Waals surface area contributed by atoms with Crippen molar-refractivity contribution in [3.05, 3.63) is 23.4 Å². The maximum Gasteiger partial charge on any atom is 0.129 e. The summed E-state index contributed by atoms with van der Waals surface area (Å²) in [5.74, 6) is 1.13. The fourth-order valence-corrected chi connectivity index (χ4v) is 3.01. The van der Waals surface area contributed by atoms with Crippen molar-refractivity contribution in [2.24, 2.45) is 0 Å². The number of anilines is 1. The fourth-order valence-electron chi connectivity index (χ4n) is 3.01. The monoisotopic (exact) mass is 261 g/mol. The standard InChI is InChI=1S/C15H23N3O/c1-2-16-10-13-11-19-9-8-18(13)15-7-6-12-4-3-5-14(12)17-15/h6-7,13,16H,2-5,8-11H2,1H3. The summed E-state index contributed by atoms with van der Waals surface area (Å²) in [4.78, 5) is 7.29. The number of aromatic nitrogens is 1. The second-order valence-corrected chi connectivity index (χ2v) is 5.36. The average molecular weight is 261 g/mol. The largest absolute Gasteiger partial charge is 0.377 e. The van der Waals surface area contributed by atoms with E-state index in [2.05, 4.69) is 29.3 Å². The molecule has 1 N–H and O–H groups in total. The lowest BCUT2D eigenvalue weighted by molar-refractivity contribution is 0.0935. The second-order valence-electron chi connectivity index (χ2n) is 5.36. The summed E-state index contributed by atoms with van der Waals surface area (Å²) in [6, 6.07) is 4.86. The molecule has 1 unspecified atom stereocenters. The smallest absolute Gasteiger partial charge is 0.129 e. The first-order chi connectivity index (χ1) is 9.38. The van der Waals surface area contributed by atoms with Gasteiger partial charge < -0.3 is 15.0 Å². The summed E-state index contributed by atoms with van der Waals surface area (Å²) in [5, 5.41) is 3.42. The quantitative estimate of drug-likeness (QED) is 0.888. The highest BCUT2D eigenvalue weighted by molar-refractivity contribution is 5.44. The van der Waals surface area contributed by atoms with E-state index in [1.807, 2.05) is 0 Å². The lowest BCUT2D eigenvalue weighted by Gasteiger charge is -2.36. The molecule has 0 amide bonds. The molecule has 3 rings (SSSR count). The van der Waals surface area contributed by atoms with Crippen LogP contribution in [-0.4, -0.2) is 43.9 Å². The van der Waals surface area contributed by atoms with Gasteiger partial charge in [0.1, 0.15) is 5.82 Å². The van der Waals surface area contributed by atoms with Gasteiger partial charge in [0, 0.05) is 18.8 Å². The van der Waals surface area contributed by atoms with Gasteiger partial charge in [0.2, 0.25) is 0 Å². The van der Waals surface area contributed by atoms with Crippen molar-refractivity contribution in [2.45, 2.75) is 32.2 Å². The molecule has 0 spiro atoms. The van der Waals surface area contributed by atoms with Gasteiger partial charge in [-0.25, -0.2) is 4.98 Å². The maximum absolute atomic E-state index is 5.61. The molecule has 1 aromatic rings. The first-order valence-corrected chi connectivity index (χ1v) is 7.42. The highest BCUT2D eigenvalue weighted by atomic mass is 16.5. The summed E-state index contributed by atoms with van der Waals surface area (Å²) < 4.78 is 5.61. The third-order valence-electron chi connectivity index (χ3n) is 4.07. The van der Waals surface area contributed by atoms with Gasteiger partial charge in [0.25, 0.3) is 0 Å². The minimum Gasteiger partial charge on any atom is -0.377 e. The highest BCUT2D eigenvalue weighted by Gasteiger charge is 2.25. The van der Waals surface area contributed by atoms with Crippen LogP contribution in [0.25, 0.3) is 0 Å². The van der Waals surface area contributed by atoms with Crippen LogP contribution in [0.2, 0.25) is 0 Å². The maximum atomic E-state index is 5.61. The van der Waals surface area contributed by atoms with Gasteiger partial charge in [-0.1, -0.05) is 13.0 Å². The first kappa shape index (κ1) is 12.9. The highest BCUT2D eigenvalue weighted by Crippen LogP contribution is 2.25. The van der Waals surface area contributed by atoms with Crippen molar-refractivity contribution < 1.29 is 4.74 Å². The number of aryl methyl sites for hydroxylation is 2. The number of morpholine rings is 1. The molecule has 1 aliphatic heterocycles. The average Bonchev–Trinajstić information content (AvgIpc) is 2.92. The van der Waals surface area contributed by atoms with Crippen LogP contribution >= 0.6 is 0 Å². The number of pyridine rings is 1.